The molecule has 1 aliphatic heterocycles. The van der Waals surface area contributed by atoms with Crippen molar-refractivity contribution in [3.05, 3.63) is 23.2 Å². The Morgan fingerprint density at radius 3 is 2.47 bits per heavy atom. The van der Waals surface area contributed by atoms with Crippen molar-refractivity contribution < 1.29 is 19.1 Å². The highest BCUT2D eigenvalue weighted by atomic mass is 16.4. The van der Waals surface area contributed by atoms with Crippen LogP contribution in [0.5, 0.6) is 0 Å². The second kappa shape index (κ2) is 5.47. The number of hydrogen-bond donors (Lipinski definition) is 1. The molecule has 0 atom stereocenters. The zero-order valence-electron chi connectivity index (χ0n) is 11.3. The van der Waals surface area contributed by atoms with Gasteiger partial charge in [0.25, 0.3) is 5.91 Å². The lowest BCUT2D eigenvalue weighted by atomic mass is 9.93. The molecule has 0 saturated carbocycles. The Morgan fingerprint density at radius 2 is 2.00 bits per heavy atom. The summed E-state index contributed by atoms with van der Waals surface area (Å²) in [6.45, 7) is 4.86. The standard InChI is InChI=1S/C14H19NO4/c1-9-7-12(10(2)19-9)14(18)15-5-3-11(4-6-15)8-13(16)17/h7,11H,3-6,8H2,1-2H3,(H,16,17). The number of carboxylic acid groups (broad SMARTS) is 1. The molecule has 2 rings (SSSR count). The number of amides is 1. The predicted molar refractivity (Wildman–Crippen MR) is 69.1 cm³/mol. The summed E-state index contributed by atoms with van der Waals surface area (Å²) in [6, 6.07) is 1.76. The molecule has 0 spiro atoms. The minimum absolute atomic E-state index is 0.0110. The maximum Gasteiger partial charge on any atom is 0.303 e. The molecule has 5 heteroatoms. The first-order chi connectivity index (χ1) is 8.97. The zero-order chi connectivity index (χ0) is 14.0. The molecule has 1 aromatic heterocycles. The minimum Gasteiger partial charge on any atom is -0.481 e. The highest BCUT2D eigenvalue weighted by molar-refractivity contribution is 5.95. The fourth-order valence-electron chi connectivity index (χ4n) is 2.60. The molecule has 1 saturated heterocycles. The second-order valence-corrected chi connectivity index (χ2v) is 5.16. The monoisotopic (exact) mass is 265 g/mol. The van der Waals surface area contributed by atoms with Crippen LogP contribution in [0.25, 0.3) is 0 Å². The van der Waals surface area contributed by atoms with E-state index in [2.05, 4.69) is 0 Å². The van der Waals surface area contributed by atoms with Gasteiger partial charge in [-0.25, -0.2) is 0 Å². The number of hydrogen-bond acceptors (Lipinski definition) is 3. The lowest BCUT2D eigenvalue weighted by molar-refractivity contribution is -0.138. The van der Waals surface area contributed by atoms with Gasteiger partial charge in [-0.1, -0.05) is 0 Å². The molecule has 0 radical (unpaired) electrons. The number of nitrogens with zero attached hydrogens (tertiary/aromatic N) is 1. The van der Waals surface area contributed by atoms with Gasteiger partial charge in [0.05, 0.1) is 5.56 Å². The summed E-state index contributed by atoms with van der Waals surface area (Å²) in [6.07, 6.45) is 1.72. The van der Waals surface area contributed by atoms with Crippen LogP contribution in [0.4, 0.5) is 0 Å². The van der Waals surface area contributed by atoms with Crippen LogP contribution in [-0.2, 0) is 4.79 Å². The lowest BCUT2D eigenvalue weighted by Crippen LogP contribution is -2.39. The highest BCUT2D eigenvalue weighted by Gasteiger charge is 2.26. The van der Waals surface area contributed by atoms with Gasteiger partial charge in [0.2, 0.25) is 0 Å². The van der Waals surface area contributed by atoms with E-state index in [1.807, 2.05) is 6.92 Å². The quantitative estimate of drug-likeness (QED) is 0.909. The number of carbonyl (C=O) groups is 2. The molecule has 0 aromatic carbocycles. The Kier molecular flexibility index (Phi) is 3.93. The summed E-state index contributed by atoms with van der Waals surface area (Å²) in [5.74, 6) is 0.805. The van der Waals surface area contributed by atoms with Crippen LogP contribution < -0.4 is 0 Å². The van der Waals surface area contributed by atoms with Crippen molar-refractivity contribution in [3.8, 4) is 0 Å². The molecule has 1 aromatic rings. The van der Waals surface area contributed by atoms with Crippen LogP contribution in [-0.4, -0.2) is 35.0 Å². The van der Waals surface area contributed by atoms with E-state index in [-0.39, 0.29) is 18.2 Å². The van der Waals surface area contributed by atoms with Crippen molar-refractivity contribution in [1.29, 1.82) is 0 Å². The minimum atomic E-state index is -0.758. The maximum atomic E-state index is 12.3. The normalized spacial score (nSPS) is 16.6. The van der Waals surface area contributed by atoms with E-state index in [0.29, 0.717) is 24.4 Å². The smallest absolute Gasteiger partial charge is 0.303 e. The molecule has 1 amide bonds. The Labute approximate surface area is 112 Å². The van der Waals surface area contributed by atoms with Crippen LogP contribution in [0, 0.1) is 19.8 Å². The molecule has 5 nitrogen and oxygen atoms in total. The summed E-state index contributed by atoms with van der Waals surface area (Å²) in [5, 5.41) is 8.77. The fraction of sp³-hybridized carbons (Fsp3) is 0.571. The molecule has 19 heavy (non-hydrogen) atoms. The van der Waals surface area contributed by atoms with Crippen LogP contribution in [0.3, 0.4) is 0 Å². The summed E-state index contributed by atoms with van der Waals surface area (Å²) < 4.78 is 5.37. The first-order valence-electron chi connectivity index (χ1n) is 6.55. The number of carbonyl (C=O) groups excluding carboxylic acids is 1. The predicted octanol–water partition coefficient (Wildman–Crippen LogP) is 2.22. The van der Waals surface area contributed by atoms with E-state index >= 15 is 0 Å². The third-order valence-electron chi connectivity index (χ3n) is 3.64. The van der Waals surface area contributed by atoms with Gasteiger partial charge in [0, 0.05) is 19.5 Å². The topological polar surface area (TPSA) is 70.8 Å². The number of aliphatic carboxylic acids is 1. The second-order valence-electron chi connectivity index (χ2n) is 5.16. The summed E-state index contributed by atoms with van der Waals surface area (Å²) in [5.41, 5.74) is 0.620. The third-order valence-corrected chi connectivity index (χ3v) is 3.64. The van der Waals surface area contributed by atoms with E-state index in [4.69, 9.17) is 9.52 Å². The summed E-state index contributed by atoms with van der Waals surface area (Å²) >= 11 is 0. The molecule has 1 aliphatic rings. The van der Waals surface area contributed by atoms with Crippen LogP contribution >= 0.6 is 0 Å². The van der Waals surface area contributed by atoms with E-state index in [1.165, 1.54) is 0 Å². The molecule has 0 aliphatic carbocycles. The Morgan fingerprint density at radius 1 is 1.37 bits per heavy atom. The van der Waals surface area contributed by atoms with Gasteiger partial charge < -0.3 is 14.4 Å². The van der Waals surface area contributed by atoms with Gasteiger partial charge in [-0.15, -0.1) is 0 Å². The van der Waals surface area contributed by atoms with Crippen molar-refractivity contribution >= 4 is 11.9 Å². The Bertz CT molecular complexity index is 484. The molecule has 104 valence electrons. The number of likely N-dealkylation sites (tertiary alicyclic amines) is 1. The van der Waals surface area contributed by atoms with E-state index in [0.717, 1.165) is 18.6 Å². The average Bonchev–Trinajstić information content (AvgIpc) is 2.68. The van der Waals surface area contributed by atoms with Crippen LogP contribution in [0.1, 0.15) is 41.1 Å². The van der Waals surface area contributed by atoms with Crippen molar-refractivity contribution in [2.75, 3.05) is 13.1 Å². The third kappa shape index (κ3) is 3.16. The van der Waals surface area contributed by atoms with Crippen molar-refractivity contribution in [2.45, 2.75) is 33.1 Å². The number of carboxylic acids is 1. The van der Waals surface area contributed by atoms with Crippen molar-refractivity contribution in [1.82, 2.24) is 4.90 Å². The highest BCUT2D eigenvalue weighted by Crippen LogP contribution is 2.23. The van der Waals surface area contributed by atoms with E-state index in [1.54, 1.807) is 17.9 Å². The maximum absolute atomic E-state index is 12.3. The van der Waals surface area contributed by atoms with Crippen molar-refractivity contribution in [2.24, 2.45) is 5.92 Å². The van der Waals surface area contributed by atoms with Gasteiger partial charge in [0.1, 0.15) is 11.5 Å². The molecule has 0 bridgehead atoms. The first kappa shape index (κ1) is 13.6. The van der Waals surface area contributed by atoms with Gasteiger partial charge in [-0.3, -0.25) is 9.59 Å². The van der Waals surface area contributed by atoms with Crippen LogP contribution in [0.15, 0.2) is 10.5 Å². The fourth-order valence-corrected chi connectivity index (χ4v) is 2.60. The summed E-state index contributed by atoms with van der Waals surface area (Å²) in [7, 11) is 0. The average molecular weight is 265 g/mol. The van der Waals surface area contributed by atoms with Gasteiger partial charge >= 0.3 is 5.97 Å². The van der Waals surface area contributed by atoms with Gasteiger partial charge in [-0.05, 0) is 38.7 Å². The molecular formula is C14H19NO4. The first-order valence-corrected chi connectivity index (χ1v) is 6.55. The van der Waals surface area contributed by atoms with E-state index in [9.17, 15) is 9.59 Å². The largest absolute Gasteiger partial charge is 0.481 e. The SMILES string of the molecule is Cc1cc(C(=O)N2CCC(CC(=O)O)CC2)c(C)o1. The Hall–Kier alpha value is -1.78. The lowest BCUT2D eigenvalue weighted by Gasteiger charge is -2.31. The van der Waals surface area contributed by atoms with Gasteiger partial charge in [-0.2, -0.15) is 0 Å². The number of rotatable bonds is 3. The molecule has 2 heterocycles. The van der Waals surface area contributed by atoms with Crippen LogP contribution in [0.2, 0.25) is 0 Å². The van der Waals surface area contributed by atoms with Gasteiger partial charge in [0.15, 0.2) is 0 Å². The van der Waals surface area contributed by atoms with Crippen molar-refractivity contribution in [3.63, 3.8) is 0 Å². The molecular weight excluding hydrogens is 246 g/mol. The number of furan rings is 1. The molecule has 1 N–H and O–H groups in total. The Balaban J connectivity index is 1.96. The molecule has 0 unspecified atom stereocenters. The zero-order valence-corrected chi connectivity index (χ0v) is 11.3. The number of aryl methyl sites for hydroxylation is 2. The molecule has 1 fully saturated rings. The summed E-state index contributed by atoms with van der Waals surface area (Å²) in [4.78, 5) is 24.8. The number of piperidine rings is 1. The van der Waals surface area contributed by atoms with E-state index < -0.39 is 5.97 Å².